The summed E-state index contributed by atoms with van der Waals surface area (Å²) >= 11 is 0. The quantitative estimate of drug-likeness (QED) is 0.623. The van der Waals surface area contributed by atoms with Gasteiger partial charge in [0.15, 0.2) is 0 Å². The van der Waals surface area contributed by atoms with Crippen molar-refractivity contribution in [3.8, 4) is 0 Å². The van der Waals surface area contributed by atoms with E-state index in [9.17, 15) is 0 Å². The van der Waals surface area contributed by atoms with Crippen molar-refractivity contribution in [3.63, 3.8) is 0 Å². The van der Waals surface area contributed by atoms with Crippen molar-refractivity contribution >= 4 is 0 Å². The van der Waals surface area contributed by atoms with Gasteiger partial charge >= 0.3 is 0 Å². The molecule has 0 heterocycles. The van der Waals surface area contributed by atoms with E-state index in [0.717, 1.165) is 24.3 Å². The first-order valence-electron chi connectivity index (χ1n) is 4.97. The van der Waals surface area contributed by atoms with Gasteiger partial charge in [-0.05, 0) is 44.7 Å². The molecule has 70 valence electrons. The molecule has 0 unspecified atom stereocenters. The Labute approximate surface area is 76.2 Å². The molecule has 1 rings (SSSR count). The first-order chi connectivity index (χ1) is 5.65. The van der Waals surface area contributed by atoms with Crippen LogP contribution in [-0.4, -0.2) is 13.6 Å². The van der Waals surface area contributed by atoms with Crippen molar-refractivity contribution in [2.45, 2.75) is 27.2 Å². The lowest BCUT2D eigenvalue weighted by Crippen LogP contribution is -2.31. The topological polar surface area (TPSA) is 12.0 Å². The summed E-state index contributed by atoms with van der Waals surface area (Å²) in [6, 6.07) is 0. The normalized spacial score (nSPS) is 36.3. The van der Waals surface area contributed by atoms with E-state index < -0.39 is 0 Å². The second-order valence-corrected chi connectivity index (χ2v) is 4.28. The van der Waals surface area contributed by atoms with Gasteiger partial charge in [-0.2, -0.15) is 0 Å². The number of allylic oxidation sites excluding steroid dienone is 2. The van der Waals surface area contributed by atoms with Gasteiger partial charge in [0.1, 0.15) is 0 Å². The summed E-state index contributed by atoms with van der Waals surface area (Å²) < 4.78 is 0. The van der Waals surface area contributed by atoms with E-state index in [1.54, 1.807) is 5.57 Å². The standard InChI is InChI=1S/C11H21N/c1-8-5-9(2)11(7-12-4)10(3)6-8/h5,9-12H,6-7H2,1-4H3/t9-,10+,11+/m1/s1. The molecule has 0 aromatic heterocycles. The van der Waals surface area contributed by atoms with Crippen LogP contribution in [0.4, 0.5) is 0 Å². The molecule has 0 spiro atoms. The van der Waals surface area contributed by atoms with Crippen molar-refractivity contribution in [2.75, 3.05) is 13.6 Å². The summed E-state index contributed by atoms with van der Waals surface area (Å²) in [5.74, 6) is 2.43. The second kappa shape index (κ2) is 4.08. The van der Waals surface area contributed by atoms with E-state index in [1.807, 2.05) is 7.05 Å². The van der Waals surface area contributed by atoms with E-state index in [2.05, 4.69) is 32.2 Å². The monoisotopic (exact) mass is 167 g/mol. The van der Waals surface area contributed by atoms with Crippen LogP contribution in [0.25, 0.3) is 0 Å². The predicted molar refractivity (Wildman–Crippen MR) is 54.1 cm³/mol. The fourth-order valence-corrected chi connectivity index (χ4v) is 2.44. The minimum Gasteiger partial charge on any atom is -0.319 e. The van der Waals surface area contributed by atoms with Crippen molar-refractivity contribution in [3.05, 3.63) is 11.6 Å². The molecule has 1 nitrogen and oxygen atoms in total. The van der Waals surface area contributed by atoms with Crippen LogP contribution in [0.1, 0.15) is 27.2 Å². The summed E-state index contributed by atoms with van der Waals surface area (Å²) in [6.45, 7) is 8.12. The Hall–Kier alpha value is -0.300. The Morgan fingerprint density at radius 3 is 2.67 bits per heavy atom. The third kappa shape index (κ3) is 2.10. The third-order valence-corrected chi connectivity index (χ3v) is 3.04. The number of hydrogen-bond acceptors (Lipinski definition) is 1. The molecule has 0 aromatic rings. The zero-order chi connectivity index (χ0) is 9.14. The predicted octanol–water partition coefficient (Wildman–Crippen LogP) is 2.44. The van der Waals surface area contributed by atoms with E-state index in [1.165, 1.54) is 6.42 Å². The highest BCUT2D eigenvalue weighted by atomic mass is 14.8. The SMILES string of the molecule is CNC[C@H]1[C@H](C)C=C(C)C[C@@H]1C. The summed E-state index contributed by atoms with van der Waals surface area (Å²) in [5, 5.41) is 3.28. The van der Waals surface area contributed by atoms with Crippen LogP contribution in [0.2, 0.25) is 0 Å². The van der Waals surface area contributed by atoms with Crippen molar-refractivity contribution in [2.24, 2.45) is 17.8 Å². The van der Waals surface area contributed by atoms with Crippen LogP contribution in [0.15, 0.2) is 11.6 Å². The molecule has 0 radical (unpaired) electrons. The maximum Gasteiger partial charge on any atom is -0.00153 e. The fourth-order valence-electron chi connectivity index (χ4n) is 2.44. The summed E-state index contributed by atoms with van der Waals surface area (Å²) in [7, 11) is 2.05. The number of hydrogen-bond donors (Lipinski definition) is 1. The summed E-state index contributed by atoms with van der Waals surface area (Å²) in [5.41, 5.74) is 1.57. The van der Waals surface area contributed by atoms with Crippen molar-refractivity contribution < 1.29 is 0 Å². The van der Waals surface area contributed by atoms with Crippen molar-refractivity contribution in [1.29, 1.82) is 0 Å². The number of rotatable bonds is 2. The van der Waals surface area contributed by atoms with E-state index in [-0.39, 0.29) is 0 Å². The zero-order valence-corrected chi connectivity index (χ0v) is 8.72. The Kier molecular flexibility index (Phi) is 3.33. The molecule has 0 bridgehead atoms. The summed E-state index contributed by atoms with van der Waals surface area (Å²) in [4.78, 5) is 0. The molecule has 0 aliphatic heterocycles. The molecular weight excluding hydrogens is 146 g/mol. The first-order valence-corrected chi connectivity index (χ1v) is 4.97. The Balaban J connectivity index is 2.62. The largest absolute Gasteiger partial charge is 0.319 e. The molecule has 0 amide bonds. The fraction of sp³-hybridized carbons (Fsp3) is 0.818. The lowest BCUT2D eigenvalue weighted by atomic mass is 9.75. The minimum atomic E-state index is 0.751. The molecule has 0 fully saturated rings. The van der Waals surface area contributed by atoms with Crippen LogP contribution in [0.5, 0.6) is 0 Å². The zero-order valence-electron chi connectivity index (χ0n) is 8.72. The maximum absolute atomic E-state index is 3.28. The van der Waals surface area contributed by atoms with Gasteiger partial charge in [-0.25, -0.2) is 0 Å². The highest BCUT2D eigenvalue weighted by Gasteiger charge is 2.25. The highest BCUT2D eigenvalue weighted by molar-refractivity contribution is 5.08. The molecule has 1 aliphatic carbocycles. The van der Waals surface area contributed by atoms with Gasteiger partial charge in [-0.1, -0.05) is 25.5 Å². The lowest BCUT2D eigenvalue weighted by Gasteiger charge is -2.32. The molecule has 1 N–H and O–H groups in total. The average molecular weight is 167 g/mol. The molecule has 1 heteroatoms. The molecular formula is C11H21N. The molecule has 0 aromatic carbocycles. The van der Waals surface area contributed by atoms with Gasteiger partial charge in [0.2, 0.25) is 0 Å². The first kappa shape index (κ1) is 9.79. The Bertz CT molecular complexity index is 172. The van der Waals surface area contributed by atoms with E-state index in [4.69, 9.17) is 0 Å². The smallest absolute Gasteiger partial charge is 0.00153 e. The van der Waals surface area contributed by atoms with Gasteiger partial charge in [-0.3, -0.25) is 0 Å². The van der Waals surface area contributed by atoms with Gasteiger partial charge in [0.25, 0.3) is 0 Å². The van der Waals surface area contributed by atoms with Gasteiger partial charge < -0.3 is 5.32 Å². The van der Waals surface area contributed by atoms with Crippen LogP contribution >= 0.6 is 0 Å². The van der Waals surface area contributed by atoms with Crippen LogP contribution in [-0.2, 0) is 0 Å². The van der Waals surface area contributed by atoms with Crippen LogP contribution < -0.4 is 5.32 Å². The van der Waals surface area contributed by atoms with Gasteiger partial charge in [0.05, 0.1) is 0 Å². The maximum atomic E-state index is 3.28. The molecule has 1 aliphatic rings. The molecule has 0 saturated heterocycles. The van der Waals surface area contributed by atoms with E-state index >= 15 is 0 Å². The minimum absolute atomic E-state index is 0.751. The molecule has 0 saturated carbocycles. The average Bonchev–Trinajstić information content (AvgIpc) is 1.96. The second-order valence-electron chi connectivity index (χ2n) is 4.28. The highest BCUT2D eigenvalue weighted by Crippen LogP contribution is 2.32. The molecule has 12 heavy (non-hydrogen) atoms. The lowest BCUT2D eigenvalue weighted by molar-refractivity contribution is 0.267. The van der Waals surface area contributed by atoms with Gasteiger partial charge in [0, 0.05) is 0 Å². The van der Waals surface area contributed by atoms with Crippen LogP contribution in [0.3, 0.4) is 0 Å². The number of nitrogens with one attached hydrogen (secondary N) is 1. The van der Waals surface area contributed by atoms with E-state index in [0.29, 0.717) is 0 Å². The third-order valence-electron chi connectivity index (χ3n) is 3.04. The Morgan fingerprint density at radius 1 is 1.50 bits per heavy atom. The molecule has 3 atom stereocenters. The summed E-state index contributed by atoms with van der Waals surface area (Å²) in [6.07, 6.45) is 3.72. The van der Waals surface area contributed by atoms with Gasteiger partial charge in [-0.15, -0.1) is 0 Å². The Morgan fingerprint density at radius 2 is 2.17 bits per heavy atom. The van der Waals surface area contributed by atoms with Crippen molar-refractivity contribution in [1.82, 2.24) is 5.32 Å². The van der Waals surface area contributed by atoms with Crippen LogP contribution in [0, 0.1) is 17.8 Å².